The number of likely N-dealkylation sites (N-methyl/N-ethyl adjacent to an activating group) is 1. The second-order valence-corrected chi connectivity index (χ2v) is 8.71. The van der Waals surface area contributed by atoms with Crippen LogP contribution in [-0.4, -0.2) is 41.8 Å². The molecule has 0 bridgehead atoms. The molecule has 0 radical (unpaired) electrons. The third-order valence-corrected chi connectivity index (χ3v) is 6.21. The van der Waals surface area contributed by atoms with Gasteiger partial charge in [-0.1, -0.05) is 36.4 Å². The largest absolute Gasteiger partial charge is 0.573 e. The zero-order valence-electron chi connectivity index (χ0n) is 19.6. The minimum absolute atomic E-state index is 0.230. The molecule has 4 rings (SSSR count). The number of hydrogen-bond acceptors (Lipinski definition) is 4. The molecule has 1 fully saturated rings. The Morgan fingerprint density at radius 3 is 2.22 bits per heavy atom. The smallest absolute Gasteiger partial charge is 0.406 e. The highest BCUT2D eigenvalue weighted by Gasteiger charge is 2.43. The van der Waals surface area contributed by atoms with Crippen LogP contribution in [0.25, 0.3) is 0 Å². The summed E-state index contributed by atoms with van der Waals surface area (Å²) in [5.74, 6) is -0.621. The molecule has 11 heteroatoms. The first kappa shape index (κ1) is 26.5. The van der Waals surface area contributed by atoms with Gasteiger partial charge >= 0.3 is 12.5 Å². The average Bonchev–Trinajstić information content (AvgIpc) is 3.19. The highest BCUT2D eigenvalue weighted by molar-refractivity contribution is 6.00. The predicted octanol–water partition coefficient (Wildman–Crippen LogP) is 6.02. The van der Waals surface area contributed by atoms with Gasteiger partial charge in [0.25, 0.3) is 0 Å². The Bertz CT molecular complexity index is 1200. The van der Waals surface area contributed by atoms with Gasteiger partial charge in [0, 0.05) is 18.4 Å². The van der Waals surface area contributed by atoms with Crippen LogP contribution in [0.1, 0.15) is 29.3 Å². The molecule has 3 aromatic rings. The second-order valence-electron chi connectivity index (χ2n) is 8.71. The summed E-state index contributed by atoms with van der Waals surface area (Å²) >= 11 is 0. The molecule has 0 N–H and O–H groups in total. The molecule has 0 unspecified atom stereocenters. The van der Waals surface area contributed by atoms with Crippen molar-refractivity contribution < 1.29 is 35.9 Å². The summed E-state index contributed by atoms with van der Waals surface area (Å²) in [6, 6.07) is 15.8. The first-order valence-corrected chi connectivity index (χ1v) is 11.4. The number of hydrogen-bond donors (Lipinski definition) is 0. The Morgan fingerprint density at radius 1 is 0.973 bits per heavy atom. The van der Waals surface area contributed by atoms with Crippen molar-refractivity contribution in [3.63, 3.8) is 0 Å². The van der Waals surface area contributed by atoms with E-state index in [9.17, 15) is 31.1 Å². The number of nitrogens with zero attached hydrogens (tertiary/aromatic N) is 3. The lowest BCUT2D eigenvalue weighted by Gasteiger charge is -2.26. The van der Waals surface area contributed by atoms with Crippen molar-refractivity contribution in [3.05, 3.63) is 89.7 Å². The SMILES string of the molecule is CN(CCc1ccc(C(F)(F)F)nc1)[C@@H]1C[C@H](c2ccccc2)N(c2ccc(OC(F)(F)F)cc2)C1=O. The van der Waals surface area contributed by atoms with Crippen molar-refractivity contribution in [2.45, 2.75) is 37.5 Å². The van der Waals surface area contributed by atoms with Crippen LogP contribution < -0.4 is 9.64 Å². The summed E-state index contributed by atoms with van der Waals surface area (Å²) in [6.07, 6.45) is -7.36. The number of amides is 1. The summed E-state index contributed by atoms with van der Waals surface area (Å²) < 4.78 is 79.9. The quantitative estimate of drug-likeness (QED) is 0.356. The monoisotopic (exact) mass is 523 g/mol. The van der Waals surface area contributed by atoms with Gasteiger partial charge in [0.2, 0.25) is 5.91 Å². The van der Waals surface area contributed by atoms with Crippen molar-refractivity contribution in [3.8, 4) is 5.75 Å². The molecule has 2 heterocycles. The van der Waals surface area contributed by atoms with Crippen LogP contribution in [0.5, 0.6) is 5.75 Å². The molecule has 1 aliphatic heterocycles. The number of ether oxygens (including phenoxy) is 1. The number of carbonyl (C=O) groups excluding carboxylic acids is 1. The number of benzene rings is 2. The summed E-state index contributed by atoms with van der Waals surface area (Å²) in [4.78, 5) is 20.4. The van der Waals surface area contributed by atoms with Crippen molar-refractivity contribution in [1.82, 2.24) is 9.88 Å². The molecule has 0 aliphatic carbocycles. The second kappa shape index (κ2) is 10.4. The van der Waals surface area contributed by atoms with Gasteiger partial charge in [-0.3, -0.25) is 14.7 Å². The lowest BCUT2D eigenvalue weighted by atomic mass is 10.0. The summed E-state index contributed by atoms with van der Waals surface area (Å²) in [6.45, 7) is 0.386. The van der Waals surface area contributed by atoms with Crippen LogP contribution >= 0.6 is 0 Å². The van der Waals surface area contributed by atoms with Crippen LogP contribution in [0.3, 0.4) is 0 Å². The first-order valence-electron chi connectivity index (χ1n) is 11.4. The number of rotatable bonds is 7. The van der Waals surface area contributed by atoms with Gasteiger partial charge in [0.15, 0.2) is 0 Å². The molecule has 0 spiro atoms. The Hall–Kier alpha value is -3.60. The molecule has 1 aromatic heterocycles. The van der Waals surface area contributed by atoms with E-state index in [0.29, 0.717) is 30.6 Å². The maximum atomic E-state index is 13.5. The standard InChI is InChI=1S/C26H23F6N3O2/c1-34(14-13-17-7-12-23(33-16-17)25(27,28)29)22-15-21(18-5-3-2-4-6-18)35(24(22)36)19-8-10-20(11-9-19)37-26(30,31)32/h2-12,16,21-22H,13-15H2,1H3/t21-,22-/m1/s1. The number of carbonyl (C=O) groups is 1. The highest BCUT2D eigenvalue weighted by Crippen LogP contribution is 2.39. The zero-order chi connectivity index (χ0) is 26.8. The minimum atomic E-state index is -4.83. The lowest BCUT2D eigenvalue weighted by molar-refractivity contribution is -0.274. The maximum absolute atomic E-state index is 13.5. The third-order valence-electron chi connectivity index (χ3n) is 6.21. The van der Waals surface area contributed by atoms with Crippen molar-refractivity contribution in [2.24, 2.45) is 0 Å². The van der Waals surface area contributed by atoms with Gasteiger partial charge in [-0.25, -0.2) is 0 Å². The minimum Gasteiger partial charge on any atom is -0.406 e. The van der Waals surface area contributed by atoms with Crippen LogP contribution in [-0.2, 0) is 17.4 Å². The molecule has 0 saturated carbocycles. The third kappa shape index (κ3) is 6.40. The van der Waals surface area contributed by atoms with E-state index < -0.39 is 30.0 Å². The fraction of sp³-hybridized carbons (Fsp3) is 0.308. The molecule has 37 heavy (non-hydrogen) atoms. The van der Waals surface area contributed by atoms with E-state index in [1.54, 1.807) is 11.9 Å². The Labute approximate surface area is 209 Å². The van der Waals surface area contributed by atoms with Crippen molar-refractivity contribution >= 4 is 11.6 Å². The van der Waals surface area contributed by atoms with Crippen molar-refractivity contribution in [1.29, 1.82) is 0 Å². The Balaban J connectivity index is 1.51. The Morgan fingerprint density at radius 2 is 1.65 bits per heavy atom. The normalized spacial score (nSPS) is 18.5. The molecular weight excluding hydrogens is 500 g/mol. The number of alkyl halides is 6. The summed E-state index contributed by atoms with van der Waals surface area (Å²) in [5.41, 5.74) is 0.927. The molecule has 1 amide bonds. The van der Waals surface area contributed by atoms with Crippen LogP contribution in [0, 0.1) is 0 Å². The van der Waals surface area contributed by atoms with Gasteiger partial charge in [0.05, 0.1) is 12.1 Å². The number of aromatic nitrogens is 1. The first-order chi connectivity index (χ1) is 17.4. The van der Waals surface area contributed by atoms with E-state index in [2.05, 4.69) is 9.72 Å². The molecule has 1 aliphatic rings. The fourth-order valence-electron chi connectivity index (χ4n) is 4.38. The van der Waals surface area contributed by atoms with Crippen LogP contribution in [0.4, 0.5) is 32.0 Å². The highest BCUT2D eigenvalue weighted by atomic mass is 19.4. The fourth-order valence-corrected chi connectivity index (χ4v) is 4.38. The van der Waals surface area contributed by atoms with E-state index in [1.807, 2.05) is 35.2 Å². The molecule has 196 valence electrons. The molecule has 1 saturated heterocycles. The topological polar surface area (TPSA) is 45.7 Å². The summed E-state index contributed by atoms with van der Waals surface area (Å²) in [5, 5.41) is 0. The molecule has 2 aromatic carbocycles. The summed E-state index contributed by atoms with van der Waals surface area (Å²) in [7, 11) is 1.76. The number of halogens is 6. The van der Waals surface area contributed by atoms with Gasteiger partial charge in [-0.2, -0.15) is 13.2 Å². The van der Waals surface area contributed by atoms with E-state index >= 15 is 0 Å². The Kier molecular flexibility index (Phi) is 7.44. The van der Waals surface area contributed by atoms with E-state index in [1.165, 1.54) is 24.4 Å². The zero-order valence-corrected chi connectivity index (χ0v) is 19.6. The van der Waals surface area contributed by atoms with E-state index in [-0.39, 0.29) is 11.9 Å². The number of anilines is 1. The number of pyridine rings is 1. The molecule has 5 nitrogen and oxygen atoms in total. The van der Waals surface area contributed by atoms with Crippen LogP contribution in [0.15, 0.2) is 72.9 Å². The van der Waals surface area contributed by atoms with E-state index in [4.69, 9.17) is 0 Å². The van der Waals surface area contributed by atoms with Gasteiger partial charge in [-0.15, -0.1) is 13.2 Å². The van der Waals surface area contributed by atoms with Gasteiger partial charge in [-0.05, 0) is 61.3 Å². The molecule has 2 atom stereocenters. The maximum Gasteiger partial charge on any atom is 0.573 e. The van der Waals surface area contributed by atoms with Crippen molar-refractivity contribution in [2.75, 3.05) is 18.5 Å². The average molecular weight is 523 g/mol. The van der Waals surface area contributed by atoms with Gasteiger partial charge < -0.3 is 9.64 Å². The van der Waals surface area contributed by atoms with Gasteiger partial charge in [0.1, 0.15) is 11.4 Å². The lowest BCUT2D eigenvalue weighted by Crippen LogP contribution is -2.40. The predicted molar refractivity (Wildman–Crippen MR) is 124 cm³/mol. The van der Waals surface area contributed by atoms with E-state index in [0.717, 1.165) is 23.8 Å². The molecular formula is C26H23F6N3O2. The van der Waals surface area contributed by atoms with Crippen LogP contribution in [0.2, 0.25) is 0 Å².